The van der Waals surface area contributed by atoms with Gasteiger partial charge in [-0.05, 0) is 18.8 Å². The van der Waals surface area contributed by atoms with Gasteiger partial charge in [0.25, 0.3) is 0 Å². The van der Waals surface area contributed by atoms with E-state index in [-0.39, 0.29) is 17.9 Å². The highest BCUT2D eigenvalue weighted by Crippen LogP contribution is 2.23. The summed E-state index contributed by atoms with van der Waals surface area (Å²) in [5.41, 5.74) is 0.0585. The minimum atomic E-state index is -0.392. The van der Waals surface area contributed by atoms with Gasteiger partial charge in [0, 0.05) is 19.1 Å². The Morgan fingerprint density at radius 2 is 2.25 bits per heavy atom. The number of amides is 1. The van der Waals surface area contributed by atoms with Gasteiger partial charge in [0.2, 0.25) is 5.91 Å². The second-order valence-electron chi connectivity index (χ2n) is 5.51. The van der Waals surface area contributed by atoms with Crippen LogP contribution in [0.5, 0.6) is 0 Å². The molecule has 1 saturated heterocycles. The largest absolute Gasteiger partial charge is 0.394 e. The molecule has 1 amide bonds. The lowest BCUT2D eigenvalue weighted by molar-refractivity contribution is -0.127. The van der Waals surface area contributed by atoms with Gasteiger partial charge in [0.1, 0.15) is 6.04 Å². The second-order valence-corrected chi connectivity index (χ2v) is 5.51. The van der Waals surface area contributed by atoms with E-state index in [4.69, 9.17) is 0 Å². The summed E-state index contributed by atoms with van der Waals surface area (Å²) in [4.78, 5) is 14.0. The van der Waals surface area contributed by atoms with E-state index in [9.17, 15) is 9.90 Å². The quantitative estimate of drug-likeness (QED) is 0.744. The zero-order valence-electron chi connectivity index (χ0n) is 10.8. The molecule has 4 nitrogen and oxygen atoms in total. The van der Waals surface area contributed by atoms with Crippen molar-refractivity contribution in [2.45, 2.75) is 46.2 Å². The second kappa shape index (κ2) is 5.15. The van der Waals surface area contributed by atoms with E-state index in [1.54, 1.807) is 0 Å². The van der Waals surface area contributed by atoms with Gasteiger partial charge in [0.05, 0.1) is 6.61 Å². The highest BCUT2D eigenvalue weighted by Gasteiger charge is 2.36. The number of aliphatic hydroxyl groups excluding tert-OH is 1. The monoisotopic (exact) mass is 228 g/mol. The normalized spacial score (nSPS) is 28.3. The molecule has 1 heterocycles. The van der Waals surface area contributed by atoms with Gasteiger partial charge in [-0.15, -0.1) is 0 Å². The van der Waals surface area contributed by atoms with E-state index in [1.807, 2.05) is 0 Å². The molecule has 0 bridgehead atoms. The molecule has 1 fully saturated rings. The number of nitrogens with one attached hydrogen (secondary N) is 1. The molecule has 1 aliphatic heterocycles. The first-order chi connectivity index (χ1) is 7.41. The molecule has 2 atom stereocenters. The molecule has 2 unspecified atom stereocenters. The summed E-state index contributed by atoms with van der Waals surface area (Å²) >= 11 is 0. The molecular formula is C12H24N2O2. The van der Waals surface area contributed by atoms with Crippen LogP contribution in [0.1, 0.15) is 34.1 Å². The molecule has 0 saturated carbocycles. The molecule has 2 N–H and O–H groups in total. The van der Waals surface area contributed by atoms with Crippen LogP contribution in [0, 0.1) is 5.41 Å². The molecule has 0 aromatic carbocycles. The lowest BCUT2D eigenvalue weighted by Crippen LogP contribution is -2.50. The SMILES string of the molecule is CCC(C)N1CC(C)(C)CNC(=O)C1CO. The third kappa shape index (κ3) is 2.95. The van der Waals surface area contributed by atoms with Crippen LogP contribution in [-0.2, 0) is 4.79 Å². The molecule has 4 heteroatoms. The van der Waals surface area contributed by atoms with Crippen molar-refractivity contribution in [3.8, 4) is 0 Å². The lowest BCUT2D eigenvalue weighted by Gasteiger charge is -2.36. The predicted octanol–water partition coefficient (Wildman–Crippen LogP) is 0.604. The number of aliphatic hydroxyl groups is 1. The number of carbonyl (C=O) groups is 1. The summed E-state index contributed by atoms with van der Waals surface area (Å²) in [6, 6.07) is -0.0722. The van der Waals surface area contributed by atoms with Crippen LogP contribution in [-0.4, -0.2) is 47.7 Å². The highest BCUT2D eigenvalue weighted by molar-refractivity contribution is 5.82. The van der Waals surface area contributed by atoms with Crippen LogP contribution in [0.3, 0.4) is 0 Å². The lowest BCUT2D eigenvalue weighted by atomic mass is 9.92. The Hall–Kier alpha value is -0.610. The zero-order chi connectivity index (χ0) is 12.3. The Bertz CT molecular complexity index is 253. The molecule has 0 radical (unpaired) electrons. The number of hydrogen-bond donors (Lipinski definition) is 2. The maximum atomic E-state index is 11.9. The van der Waals surface area contributed by atoms with Crippen LogP contribution in [0.2, 0.25) is 0 Å². The summed E-state index contributed by atoms with van der Waals surface area (Å²) in [6.45, 7) is 9.91. The van der Waals surface area contributed by atoms with Gasteiger partial charge in [0.15, 0.2) is 0 Å². The Kier molecular flexibility index (Phi) is 4.33. The number of hydrogen-bond acceptors (Lipinski definition) is 3. The minimum Gasteiger partial charge on any atom is -0.394 e. The van der Waals surface area contributed by atoms with Crippen molar-refractivity contribution in [1.29, 1.82) is 0 Å². The smallest absolute Gasteiger partial charge is 0.239 e. The summed E-state index contributed by atoms with van der Waals surface area (Å²) in [7, 11) is 0. The van der Waals surface area contributed by atoms with Crippen molar-refractivity contribution in [2.75, 3.05) is 19.7 Å². The van der Waals surface area contributed by atoms with Crippen LogP contribution in [0.25, 0.3) is 0 Å². The van der Waals surface area contributed by atoms with E-state index in [0.717, 1.165) is 13.0 Å². The molecule has 1 aliphatic rings. The molecule has 0 aromatic rings. The topological polar surface area (TPSA) is 52.6 Å². The zero-order valence-corrected chi connectivity index (χ0v) is 10.8. The van der Waals surface area contributed by atoms with Crippen molar-refractivity contribution < 1.29 is 9.90 Å². The molecular weight excluding hydrogens is 204 g/mol. The van der Waals surface area contributed by atoms with Crippen molar-refractivity contribution >= 4 is 5.91 Å². The summed E-state index contributed by atoms with van der Waals surface area (Å²) in [5.74, 6) is -0.0478. The van der Waals surface area contributed by atoms with Crippen molar-refractivity contribution in [1.82, 2.24) is 10.2 Å². The van der Waals surface area contributed by atoms with E-state index < -0.39 is 6.04 Å². The van der Waals surface area contributed by atoms with E-state index in [0.29, 0.717) is 12.6 Å². The number of rotatable bonds is 3. The van der Waals surface area contributed by atoms with E-state index in [2.05, 4.69) is 37.9 Å². The van der Waals surface area contributed by atoms with Gasteiger partial charge < -0.3 is 10.4 Å². The van der Waals surface area contributed by atoms with E-state index in [1.165, 1.54) is 0 Å². The third-order valence-corrected chi connectivity index (χ3v) is 3.38. The maximum Gasteiger partial charge on any atom is 0.239 e. The van der Waals surface area contributed by atoms with Gasteiger partial charge in [-0.2, -0.15) is 0 Å². The van der Waals surface area contributed by atoms with Crippen molar-refractivity contribution in [3.63, 3.8) is 0 Å². The summed E-state index contributed by atoms with van der Waals surface area (Å²) in [6.07, 6.45) is 0.986. The highest BCUT2D eigenvalue weighted by atomic mass is 16.3. The molecule has 1 rings (SSSR count). The fraction of sp³-hybridized carbons (Fsp3) is 0.917. The average molecular weight is 228 g/mol. The number of nitrogens with zero attached hydrogens (tertiary/aromatic N) is 1. The fourth-order valence-electron chi connectivity index (χ4n) is 2.14. The Morgan fingerprint density at radius 3 is 2.75 bits per heavy atom. The molecule has 94 valence electrons. The minimum absolute atomic E-state index is 0.0478. The molecule has 16 heavy (non-hydrogen) atoms. The average Bonchev–Trinajstić information content (AvgIpc) is 2.35. The summed E-state index contributed by atoms with van der Waals surface area (Å²) in [5, 5.41) is 12.3. The van der Waals surface area contributed by atoms with E-state index >= 15 is 0 Å². The molecule has 0 spiro atoms. The third-order valence-electron chi connectivity index (χ3n) is 3.38. The Labute approximate surface area is 98.0 Å². The van der Waals surface area contributed by atoms with Crippen molar-refractivity contribution in [2.24, 2.45) is 5.41 Å². The maximum absolute atomic E-state index is 11.9. The number of carbonyl (C=O) groups excluding carboxylic acids is 1. The van der Waals surface area contributed by atoms with Gasteiger partial charge >= 0.3 is 0 Å². The van der Waals surface area contributed by atoms with Crippen LogP contribution >= 0.6 is 0 Å². The molecule has 0 aromatic heterocycles. The Morgan fingerprint density at radius 1 is 1.62 bits per heavy atom. The fourth-order valence-corrected chi connectivity index (χ4v) is 2.14. The Balaban J connectivity index is 2.91. The van der Waals surface area contributed by atoms with Crippen LogP contribution in [0.15, 0.2) is 0 Å². The summed E-state index contributed by atoms with van der Waals surface area (Å²) < 4.78 is 0. The van der Waals surface area contributed by atoms with Crippen molar-refractivity contribution in [3.05, 3.63) is 0 Å². The molecule has 0 aliphatic carbocycles. The van der Waals surface area contributed by atoms with Gasteiger partial charge in [-0.3, -0.25) is 9.69 Å². The standard InChI is InChI=1S/C12H24N2O2/c1-5-9(2)14-8-12(3,4)7-13-11(16)10(14)6-15/h9-10,15H,5-8H2,1-4H3,(H,13,16). The van der Waals surface area contributed by atoms with Gasteiger partial charge in [-0.25, -0.2) is 0 Å². The van der Waals surface area contributed by atoms with Gasteiger partial charge in [-0.1, -0.05) is 20.8 Å². The van der Waals surface area contributed by atoms with Crippen LogP contribution < -0.4 is 5.32 Å². The first-order valence-corrected chi connectivity index (χ1v) is 6.05. The van der Waals surface area contributed by atoms with Crippen LogP contribution in [0.4, 0.5) is 0 Å². The predicted molar refractivity (Wildman–Crippen MR) is 64.1 cm³/mol. The first-order valence-electron chi connectivity index (χ1n) is 6.05. The first kappa shape index (κ1) is 13.5.